The van der Waals surface area contributed by atoms with Gasteiger partial charge in [-0.1, -0.05) is 29.8 Å². The van der Waals surface area contributed by atoms with Gasteiger partial charge in [0.15, 0.2) is 0 Å². The van der Waals surface area contributed by atoms with Gasteiger partial charge >= 0.3 is 0 Å². The summed E-state index contributed by atoms with van der Waals surface area (Å²) >= 11 is 3.39. The molecule has 1 aliphatic heterocycles. The standard InChI is InChI=1S/C15H21BrN2O/c1-9-4-10(2)11(3)18(8-9)15(19)12-5-13(16)7-14(17)6-12/h5-7,9-11H,4,8,17H2,1-3H3. The number of rotatable bonds is 1. The fraction of sp³-hybridized carbons (Fsp3) is 0.533. The van der Waals surface area contributed by atoms with E-state index in [0.717, 1.165) is 11.0 Å². The maximum Gasteiger partial charge on any atom is 0.254 e. The van der Waals surface area contributed by atoms with Crippen LogP contribution in [0.3, 0.4) is 0 Å². The molecule has 0 aromatic heterocycles. The smallest absolute Gasteiger partial charge is 0.254 e. The molecule has 0 bridgehead atoms. The second kappa shape index (κ2) is 5.53. The first-order valence-electron chi connectivity index (χ1n) is 6.75. The summed E-state index contributed by atoms with van der Waals surface area (Å²) in [5.41, 5.74) is 7.10. The van der Waals surface area contributed by atoms with E-state index in [0.29, 0.717) is 23.1 Å². The minimum Gasteiger partial charge on any atom is -0.399 e. The molecule has 3 nitrogen and oxygen atoms in total. The molecule has 1 amide bonds. The molecule has 1 aliphatic rings. The number of hydrogen-bond donors (Lipinski definition) is 1. The Morgan fingerprint density at radius 2 is 2.00 bits per heavy atom. The van der Waals surface area contributed by atoms with E-state index in [9.17, 15) is 4.79 Å². The van der Waals surface area contributed by atoms with Gasteiger partial charge in [0, 0.05) is 28.3 Å². The monoisotopic (exact) mass is 324 g/mol. The molecule has 2 rings (SSSR count). The molecule has 0 spiro atoms. The Kier molecular flexibility index (Phi) is 4.19. The van der Waals surface area contributed by atoms with Gasteiger partial charge in [-0.25, -0.2) is 0 Å². The molecule has 2 N–H and O–H groups in total. The molecule has 0 aliphatic carbocycles. The fourth-order valence-corrected chi connectivity index (χ4v) is 3.40. The number of nitrogens with zero attached hydrogens (tertiary/aromatic N) is 1. The van der Waals surface area contributed by atoms with Gasteiger partial charge in [-0.15, -0.1) is 0 Å². The Balaban J connectivity index is 2.27. The summed E-state index contributed by atoms with van der Waals surface area (Å²) in [7, 11) is 0. The number of halogens is 1. The van der Waals surface area contributed by atoms with Gasteiger partial charge in [0.1, 0.15) is 0 Å². The van der Waals surface area contributed by atoms with Crippen molar-refractivity contribution in [1.29, 1.82) is 0 Å². The van der Waals surface area contributed by atoms with Gasteiger partial charge in [0.25, 0.3) is 5.91 Å². The minimum absolute atomic E-state index is 0.0823. The van der Waals surface area contributed by atoms with E-state index in [1.165, 1.54) is 6.42 Å². The molecule has 1 aromatic carbocycles. The maximum absolute atomic E-state index is 12.7. The second-order valence-corrected chi connectivity index (χ2v) is 6.71. The zero-order valence-corrected chi connectivity index (χ0v) is 13.3. The summed E-state index contributed by atoms with van der Waals surface area (Å²) in [4.78, 5) is 14.6. The van der Waals surface area contributed by atoms with Crippen LogP contribution in [0.25, 0.3) is 0 Å². The number of piperidine rings is 1. The number of anilines is 1. The summed E-state index contributed by atoms with van der Waals surface area (Å²) in [6.07, 6.45) is 1.19. The zero-order chi connectivity index (χ0) is 14.2. The average molecular weight is 325 g/mol. The Labute approximate surface area is 123 Å². The van der Waals surface area contributed by atoms with Crippen LogP contribution in [0.1, 0.15) is 37.6 Å². The number of benzene rings is 1. The Bertz CT molecular complexity index is 469. The van der Waals surface area contributed by atoms with Crippen LogP contribution >= 0.6 is 15.9 Å². The molecule has 1 heterocycles. The molecule has 1 aromatic rings. The highest BCUT2D eigenvalue weighted by Gasteiger charge is 2.32. The number of amides is 1. The highest BCUT2D eigenvalue weighted by atomic mass is 79.9. The molecular weight excluding hydrogens is 304 g/mol. The van der Waals surface area contributed by atoms with Crippen molar-refractivity contribution >= 4 is 27.5 Å². The molecule has 19 heavy (non-hydrogen) atoms. The number of nitrogen functional groups attached to an aromatic ring is 1. The van der Waals surface area contributed by atoms with Crippen LogP contribution in [0.4, 0.5) is 5.69 Å². The van der Waals surface area contributed by atoms with Crippen molar-refractivity contribution in [2.45, 2.75) is 33.2 Å². The average Bonchev–Trinajstić information content (AvgIpc) is 2.31. The van der Waals surface area contributed by atoms with Gasteiger partial charge in [0.05, 0.1) is 0 Å². The fourth-order valence-electron chi connectivity index (χ4n) is 2.88. The van der Waals surface area contributed by atoms with E-state index < -0.39 is 0 Å². The van der Waals surface area contributed by atoms with Gasteiger partial charge in [-0.05, 0) is 43.4 Å². The third-order valence-corrected chi connectivity index (χ3v) is 4.48. The Morgan fingerprint density at radius 3 is 2.63 bits per heavy atom. The minimum atomic E-state index is 0.0823. The van der Waals surface area contributed by atoms with Crippen molar-refractivity contribution in [3.8, 4) is 0 Å². The lowest BCUT2D eigenvalue weighted by atomic mass is 9.85. The van der Waals surface area contributed by atoms with E-state index >= 15 is 0 Å². The summed E-state index contributed by atoms with van der Waals surface area (Å²) in [5, 5.41) is 0. The number of carbonyl (C=O) groups excluding carboxylic acids is 1. The largest absolute Gasteiger partial charge is 0.399 e. The third-order valence-electron chi connectivity index (χ3n) is 4.03. The predicted octanol–water partition coefficient (Wildman–Crippen LogP) is 3.54. The van der Waals surface area contributed by atoms with Crippen LogP contribution < -0.4 is 5.73 Å². The van der Waals surface area contributed by atoms with E-state index in [1.54, 1.807) is 6.07 Å². The number of nitrogens with two attached hydrogens (primary N) is 1. The van der Waals surface area contributed by atoms with E-state index in [2.05, 4.69) is 36.7 Å². The van der Waals surface area contributed by atoms with Crippen molar-refractivity contribution in [3.63, 3.8) is 0 Å². The summed E-state index contributed by atoms with van der Waals surface area (Å²) < 4.78 is 0.849. The normalized spacial score (nSPS) is 27.4. The van der Waals surface area contributed by atoms with Crippen LogP contribution in [-0.2, 0) is 0 Å². The molecule has 3 atom stereocenters. The Morgan fingerprint density at radius 1 is 1.32 bits per heavy atom. The van der Waals surface area contributed by atoms with Gasteiger partial charge in [-0.3, -0.25) is 4.79 Å². The van der Waals surface area contributed by atoms with Crippen LogP contribution in [0.15, 0.2) is 22.7 Å². The predicted molar refractivity (Wildman–Crippen MR) is 82.0 cm³/mol. The van der Waals surface area contributed by atoms with Crippen LogP contribution in [0.5, 0.6) is 0 Å². The van der Waals surface area contributed by atoms with Crippen molar-refractivity contribution in [2.24, 2.45) is 11.8 Å². The first-order chi connectivity index (χ1) is 8.88. The second-order valence-electron chi connectivity index (χ2n) is 5.79. The molecule has 104 valence electrons. The third kappa shape index (κ3) is 3.11. The van der Waals surface area contributed by atoms with E-state index in [4.69, 9.17) is 5.73 Å². The summed E-state index contributed by atoms with van der Waals surface area (Å²) in [6, 6.07) is 5.68. The summed E-state index contributed by atoms with van der Waals surface area (Å²) in [6.45, 7) is 7.39. The van der Waals surface area contributed by atoms with Crippen molar-refractivity contribution in [1.82, 2.24) is 4.90 Å². The van der Waals surface area contributed by atoms with E-state index in [-0.39, 0.29) is 11.9 Å². The first-order valence-corrected chi connectivity index (χ1v) is 7.54. The molecule has 1 fully saturated rings. The SMILES string of the molecule is CC1CC(C)C(C)N(C(=O)c2cc(N)cc(Br)c2)C1. The van der Waals surface area contributed by atoms with Crippen LogP contribution in [-0.4, -0.2) is 23.4 Å². The van der Waals surface area contributed by atoms with E-state index in [1.807, 2.05) is 17.0 Å². The van der Waals surface area contributed by atoms with Crippen molar-refractivity contribution < 1.29 is 4.79 Å². The topological polar surface area (TPSA) is 46.3 Å². The lowest BCUT2D eigenvalue weighted by Gasteiger charge is -2.41. The number of carbonyl (C=O) groups is 1. The quantitative estimate of drug-likeness (QED) is 0.803. The number of likely N-dealkylation sites (tertiary alicyclic amines) is 1. The van der Waals surface area contributed by atoms with Crippen LogP contribution in [0, 0.1) is 11.8 Å². The van der Waals surface area contributed by atoms with Crippen molar-refractivity contribution in [3.05, 3.63) is 28.2 Å². The van der Waals surface area contributed by atoms with Gasteiger partial charge in [-0.2, -0.15) is 0 Å². The lowest BCUT2D eigenvalue weighted by Crippen LogP contribution is -2.48. The molecular formula is C15H21BrN2O. The van der Waals surface area contributed by atoms with Gasteiger partial charge in [0.2, 0.25) is 0 Å². The number of hydrogen-bond acceptors (Lipinski definition) is 2. The maximum atomic E-state index is 12.7. The highest BCUT2D eigenvalue weighted by molar-refractivity contribution is 9.10. The molecule has 3 unspecified atom stereocenters. The Hall–Kier alpha value is -1.03. The van der Waals surface area contributed by atoms with Crippen LogP contribution in [0.2, 0.25) is 0 Å². The highest BCUT2D eigenvalue weighted by Crippen LogP contribution is 2.29. The van der Waals surface area contributed by atoms with Crippen molar-refractivity contribution in [2.75, 3.05) is 12.3 Å². The zero-order valence-electron chi connectivity index (χ0n) is 11.7. The summed E-state index contributed by atoms with van der Waals surface area (Å²) in [5.74, 6) is 1.18. The first kappa shape index (κ1) is 14.4. The molecule has 0 saturated carbocycles. The molecule has 1 saturated heterocycles. The molecule has 4 heteroatoms. The molecule has 0 radical (unpaired) electrons. The lowest BCUT2D eigenvalue weighted by molar-refractivity contribution is 0.0455. The van der Waals surface area contributed by atoms with Gasteiger partial charge < -0.3 is 10.6 Å².